The summed E-state index contributed by atoms with van der Waals surface area (Å²) in [6.45, 7) is 7.59. The number of nitrogens with zero attached hydrogens (tertiary/aromatic N) is 1. The third-order valence-electron chi connectivity index (χ3n) is 3.84. The van der Waals surface area contributed by atoms with Crippen LogP contribution in [-0.2, 0) is 9.59 Å². The van der Waals surface area contributed by atoms with E-state index in [0.29, 0.717) is 17.6 Å². The second-order valence-corrected chi connectivity index (χ2v) is 6.94. The highest BCUT2D eigenvalue weighted by Crippen LogP contribution is 2.19. The molecule has 0 aromatic heterocycles. The van der Waals surface area contributed by atoms with Crippen LogP contribution >= 0.6 is 0 Å². The minimum absolute atomic E-state index is 0.0567. The molecule has 21 heavy (non-hydrogen) atoms. The van der Waals surface area contributed by atoms with Gasteiger partial charge >= 0.3 is 5.97 Å². The van der Waals surface area contributed by atoms with Crippen molar-refractivity contribution >= 4 is 11.9 Å². The number of likely N-dealkylation sites (N-methyl/N-ethyl adjacent to an activating group) is 1. The minimum Gasteiger partial charge on any atom is -0.481 e. The van der Waals surface area contributed by atoms with Gasteiger partial charge in [-0.15, -0.1) is 0 Å². The number of hydrogen-bond acceptors (Lipinski definition) is 3. The highest BCUT2D eigenvalue weighted by atomic mass is 16.4. The molecule has 0 radical (unpaired) electrons. The lowest BCUT2D eigenvalue weighted by molar-refractivity contribution is -0.893. The number of quaternary nitrogens is 1. The van der Waals surface area contributed by atoms with Gasteiger partial charge in [-0.3, -0.25) is 9.59 Å². The van der Waals surface area contributed by atoms with Crippen molar-refractivity contribution < 1.29 is 24.3 Å². The molecule has 0 fully saturated rings. The lowest BCUT2D eigenvalue weighted by atomic mass is 9.89. The molecule has 3 N–H and O–H groups in total. The zero-order valence-corrected chi connectivity index (χ0v) is 14.0. The van der Waals surface area contributed by atoms with E-state index in [1.165, 1.54) is 0 Å². The molecule has 1 unspecified atom stereocenters. The van der Waals surface area contributed by atoms with Gasteiger partial charge in [0, 0.05) is 18.4 Å². The highest BCUT2D eigenvalue weighted by molar-refractivity contribution is 5.81. The van der Waals surface area contributed by atoms with Gasteiger partial charge in [-0.2, -0.15) is 0 Å². The standard InChI is InChI=1S/C15H30N2O4/c1-6-15(2,3)14(21)16-8-7-9-17(4,5)11-12(18)10-13(19)20/h12,18H,6-11H2,1-5H3,(H-,16,19,20,21)/p+1. The van der Waals surface area contributed by atoms with Crippen LogP contribution in [0, 0.1) is 5.41 Å². The zero-order chi connectivity index (χ0) is 16.7. The van der Waals surface area contributed by atoms with Crippen molar-refractivity contribution in [1.29, 1.82) is 0 Å². The Bertz CT molecular complexity index is 354. The molecular weight excluding hydrogens is 272 g/mol. The van der Waals surface area contributed by atoms with Gasteiger partial charge in [-0.05, 0) is 6.42 Å². The van der Waals surface area contributed by atoms with Gasteiger partial charge in [0.25, 0.3) is 0 Å². The van der Waals surface area contributed by atoms with Gasteiger partial charge < -0.3 is 20.0 Å². The molecule has 0 aliphatic rings. The summed E-state index contributed by atoms with van der Waals surface area (Å²) in [6, 6.07) is 0. The van der Waals surface area contributed by atoms with Crippen molar-refractivity contribution in [3.8, 4) is 0 Å². The molecule has 0 aliphatic heterocycles. The number of nitrogens with one attached hydrogen (secondary N) is 1. The number of aliphatic carboxylic acids is 1. The summed E-state index contributed by atoms with van der Waals surface area (Å²) < 4.78 is 0.529. The monoisotopic (exact) mass is 303 g/mol. The Labute approximate surface area is 127 Å². The fraction of sp³-hybridized carbons (Fsp3) is 0.867. The number of rotatable bonds is 10. The first-order valence-corrected chi connectivity index (χ1v) is 7.50. The van der Waals surface area contributed by atoms with Crippen molar-refractivity contribution in [2.75, 3.05) is 33.7 Å². The maximum atomic E-state index is 11.9. The van der Waals surface area contributed by atoms with Crippen LogP contribution in [-0.4, -0.2) is 66.4 Å². The first-order chi connectivity index (χ1) is 9.50. The van der Waals surface area contributed by atoms with E-state index >= 15 is 0 Å². The van der Waals surface area contributed by atoms with E-state index in [-0.39, 0.29) is 17.7 Å². The van der Waals surface area contributed by atoms with Gasteiger partial charge in [0.05, 0.1) is 27.1 Å². The third kappa shape index (κ3) is 8.67. The highest BCUT2D eigenvalue weighted by Gasteiger charge is 2.25. The van der Waals surface area contributed by atoms with E-state index in [2.05, 4.69) is 5.32 Å². The Hall–Kier alpha value is -1.14. The Morgan fingerprint density at radius 3 is 2.33 bits per heavy atom. The maximum absolute atomic E-state index is 11.9. The molecule has 0 aliphatic carbocycles. The summed E-state index contributed by atoms with van der Waals surface area (Å²) >= 11 is 0. The fourth-order valence-corrected chi connectivity index (χ4v) is 2.04. The van der Waals surface area contributed by atoms with Gasteiger partial charge in [-0.25, -0.2) is 0 Å². The van der Waals surface area contributed by atoms with E-state index in [4.69, 9.17) is 5.11 Å². The predicted octanol–water partition coefficient (Wildman–Crippen LogP) is 0.841. The number of hydrogen-bond donors (Lipinski definition) is 3. The van der Waals surface area contributed by atoms with Crippen LogP contribution < -0.4 is 5.32 Å². The van der Waals surface area contributed by atoms with Gasteiger partial charge in [0.15, 0.2) is 0 Å². The second kappa shape index (κ2) is 8.34. The summed E-state index contributed by atoms with van der Waals surface area (Å²) in [6.07, 6.45) is 0.509. The van der Waals surface area contributed by atoms with Crippen molar-refractivity contribution in [3.63, 3.8) is 0 Å². The summed E-state index contributed by atoms with van der Waals surface area (Å²) in [4.78, 5) is 22.4. The molecule has 6 nitrogen and oxygen atoms in total. The number of amides is 1. The van der Waals surface area contributed by atoms with Crippen molar-refractivity contribution in [3.05, 3.63) is 0 Å². The van der Waals surface area contributed by atoms with E-state index in [1.54, 1.807) is 0 Å². The van der Waals surface area contributed by atoms with Crippen LogP contribution in [0.4, 0.5) is 0 Å². The van der Waals surface area contributed by atoms with E-state index in [1.807, 2.05) is 34.9 Å². The summed E-state index contributed by atoms with van der Waals surface area (Å²) in [7, 11) is 3.89. The van der Waals surface area contributed by atoms with Crippen LogP contribution in [0.25, 0.3) is 0 Å². The van der Waals surface area contributed by atoms with Crippen LogP contribution in [0.1, 0.15) is 40.0 Å². The molecule has 0 aromatic rings. The average Bonchev–Trinajstić information content (AvgIpc) is 2.32. The summed E-state index contributed by atoms with van der Waals surface area (Å²) in [5.41, 5.74) is -0.345. The Morgan fingerprint density at radius 1 is 1.29 bits per heavy atom. The normalized spacial score (nSPS) is 13.8. The Kier molecular flexibility index (Phi) is 7.89. The number of carboxylic acid groups (broad SMARTS) is 1. The average molecular weight is 303 g/mol. The molecule has 0 spiro atoms. The number of aliphatic hydroxyl groups excluding tert-OH is 1. The molecule has 0 saturated heterocycles. The van der Waals surface area contributed by atoms with Crippen molar-refractivity contribution in [2.45, 2.75) is 46.1 Å². The lowest BCUT2D eigenvalue weighted by Gasteiger charge is -2.31. The van der Waals surface area contributed by atoms with Crippen molar-refractivity contribution in [1.82, 2.24) is 5.32 Å². The molecule has 1 amide bonds. The second-order valence-electron chi connectivity index (χ2n) is 6.94. The largest absolute Gasteiger partial charge is 0.481 e. The molecular formula is C15H31N2O4+. The third-order valence-corrected chi connectivity index (χ3v) is 3.84. The smallest absolute Gasteiger partial charge is 0.306 e. The van der Waals surface area contributed by atoms with Crippen LogP contribution in [0.15, 0.2) is 0 Å². The summed E-state index contributed by atoms with van der Waals surface area (Å²) in [5, 5.41) is 21.2. The van der Waals surface area contributed by atoms with E-state index < -0.39 is 12.1 Å². The van der Waals surface area contributed by atoms with Gasteiger partial charge in [0.2, 0.25) is 5.91 Å². The van der Waals surface area contributed by atoms with E-state index in [9.17, 15) is 14.7 Å². The molecule has 1 atom stereocenters. The van der Waals surface area contributed by atoms with Crippen LogP contribution in [0.2, 0.25) is 0 Å². The minimum atomic E-state index is -0.989. The number of aliphatic hydroxyl groups is 1. The Morgan fingerprint density at radius 2 is 1.86 bits per heavy atom. The number of carbonyl (C=O) groups is 2. The van der Waals surface area contributed by atoms with Crippen molar-refractivity contribution in [2.24, 2.45) is 5.41 Å². The summed E-state index contributed by atoms with van der Waals surface area (Å²) in [5.74, 6) is -0.933. The first-order valence-electron chi connectivity index (χ1n) is 7.50. The van der Waals surface area contributed by atoms with Crippen LogP contribution in [0.5, 0.6) is 0 Å². The van der Waals surface area contributed by atoms with Gasteiger partial charge in [0.1, 0.15) is 12.6 Å². The number of carboxylic acids is 1. The lowest BCUT2D eigenvalue weighted by Crippen LogP contribution is -2.47. The van der Waals surface area contributed by atoms with Crippen LogP contribution in [0.3, 0.4) is 0 Å². The SMILES string of the molecule is CCC(C)(C)C(=O)NCCC[N+](C)(C)CC(O)CC(=O)O. The molecule has 0 rings (SSSR count). The zero-order valence-electron chi connectivity index (χ0n) is 14.0. The predicted molar refractivity (Wildman–Crippen MR) is 81.8 cm³/mol. The number of carbonyl (C=O) groups excluding carboxylic acids is 1. The quantitative estimate of drug-likeness (QED) is 0.412. The molecule has 6 heteroatoms. The molecule has 124 valence electrons. The topological polar surface area (TPSA) is 86.6 Å². The molecule has 0 heterocycles. The molecule has 0 saturated carbocycles. The van der Waals surface area contributed by atoms with Gasteiger partial charge in [-0.1, -0.05) is 20.8 Å². The molecule has 0 bridgehead atoms. The van der Waals surface area contributed by atoms with E-state index in [0.717, 1.165) is 19.4 Å². The molecule has 0 aromatic carbocycles. The Balaban J connectivity index is 4.05. The first kappa shape index (κ1) is 19.9. The fourth-order valence-electron chi connectivity index (χ4n) is 2.04. The maximum Gasteiger partial charge on any atom is 0.306 e.